The lowest BCUT2D eigenvalue weighted by atomic mass is 9.95. The molecular weight excluding hydrogens is 642 g/mol. The van der Waals surface area contributed by atoms with Crippen LogP contribution in [0.3, 0.4) is 0 Å². The van der Waals surface area contributed by atoms with Crippen LogP contribution in [0, 0.1) is 13.8 Å². The van der Waals surface area contributed by atoms with Gasteiger partial charge in [-0.2, -0.15) is 0 Å². The van der Waals surface area contributed by atoms with E-state index in [0.717, 1.165) is 88.4 Å². The second kappa shape index (κ2) is 15.9. The van der Waals surface area contributed by atoms with E-state index >= 15 is 0 Å². The SMILES string of the molecule is CCCCCCNC(=O)c1c2nc(cc3[nH]c(cc4[nH]c(cc5nc1C(C(=O)OC)=C5C)c(CC)c4C)c(CC)c3C)C(C)=C2CCC(=O)OC. The number of aromatic amines is 2. The third-order valence-electron chi connectivity index (χ3n) is 10.3. The van der Waals surface area contributed by atoms with Crippen molar-refractivity contribution in [3.05, 3.63) is 68.8 Å². The highest BCUT2D eigenvalue weighted by atomic mass is 16.5. The number of methoxy groups -OCH3 is 2. The van der Waals surface area contributed by atoms with Gasteiger partial charge in [-0.15, -0.1) is 0 Å². The number of esters is 2. The monoisotopic (exact) mass is 693 g/mol. The number of rotatable bonds is 12. The number of hydrogen-bond acceptors (Lipinski definition) is 7. The van der Waals surface area contributed by atoms with Gasteiger partial charge in [-0.25, -0.2) is 14.8 Å². The largest absolute Gasteiger partial charge is 0.469 e. The number of amides is 1. The number of aromatic nitrogens is 4. The molecule has 270 valence electrons. The molecule has 51 heavy (non-hydrogen) atoms. The van der Waals surface area contributed by atoms with Crippen LogP contribution in [-0.4, -0.2) is 58.5 Å². The van der Waals surface area contributed by atoms with Gasteiger partial charge >= 0.3 is 11.9 Å². The molecule has 5 heterocycles. The quantitative estimate of drug-likeness (QED) is 0.128. The number of hydrogen-bond donors (Lipinski definition) is 3. The van der Waals surface area contributed by atoms with E-state index in [4.69, 9.17) is 19.4 Å². The molecule has 3 aromatic rings. The third kappa shape index (κ3) is 7.27. The minimum atomic E-state index is -0.597. The normalized spacial score (nSPS) is 12.8. The van der Waals surface area contributed by atoms with Gasteiger partial charge in [0.05, 0.1) is 48.1 Å². The third-order valence-corrected chi connectivity index (χ3v) is 10.3. The predicted octanol–water partition coefficient (Wildman–Crippen LogP) is 8.35. The number of H-pyrrole nitrogens is 2. The summed E-state index contributed by atoms with van der Waals surface area (Å²) < 4.78 is 10.3. The van der Waals surface area contributed by atoms with Gasteiger partial charge in [0.25, 0.3) is 5.91 Å². The Kier molecular flexibility index (Phi) is 11.6. The molecule has 8 bridgehead atoms. The lowest BCUT2D eigenvalue weighted by molar-refractivity contribution is -0.140. The maximum absolute atomic E-state index is 14.5. The van der Waals surface area contributed by atoms with E-state index in [2.05, 4.69) is 56.0 Å². The Balaban J connectivity index is 1.97. The van der Waals surface area contributed by atoms with Gasteiger partial charge < -0.3 is 24.8 Å². The summed E-state index contributed by atoms with van der Waals surface area (Å²) >= 11 is 0. The predicted molar refractivity (Wildman–Crippen MR) is 204 cm³/mol. The molecule has 0 radical (unpaired) electrons. The molecular formula is C41H51N5O5. The summed E-state index contributed by atoms with van der Waals surface area (Å²) in [5, 5.41) is 3.10. The summed E-state index contributed by atoms with van der Waals surface area (Å²) in [6.45, 7) is 14.9. The number of aryl methyl sites for hydroxylation is 4. The van der Waals surface area contributed by atoms with Crippen LogP contribution >= 0.6 is 0 Å². The van der Waals surface area contributed by atoms with Crippen LogP contribution in [0.25, 0.3) is 44.4 Å². The van der Waals surface area contributed by atoms with Crippen molar-refractivity contribution in [3.8, 4) is 0 Å². The highest BCUT2D eigenvalue weighted by molar-refractivity contribution is 6.27. The average molecular weight is 694 g/mol. The number of nitrogens with one attached hydrogen (secondary N) is 3. The zero-order valence-corrected chi connectivity index (χ0v) is 31.5. The van der Waals surface area contributed by atoms with Crippen LogP contribution in [0.1, 0.15) is 129 Å². The van der Waals surface area contributed by atoms with Crippen molar-refractivity contribution in [2.75, 3.05) is 20.8 Å². The molecule has 0 fully saturated rings. The average Bonchev–Trinajstić information content (AvgIpc) is 3.79. The van der Waals surface area contributed by atoms with Gasteiger partial charge in [0, 0.05) is 35.0 Å². The van der Waals surface area contributed by atoms with E-state index in [1.807, 2.05) is 26.0 Å². The van der Waals surface area contributed by atoms with E-state index in [1.165, 1.54) is 19.8 Å². The molecule has 0 atom stereocenters. The maximum atomic E-state index is 14.5. The molecule has 0 aromatic carbocycles. The van der Waals surface area contributed by atoms with Crippen LogP contribution in [0.4, 0.5) is 0 Å². The summed E-state index contributed by atoms with van der Waals surface area (Å²) in [5.74, 6) is -1.36. The highest BCUT2D eigenvalue weighted by Crippen LogP contribution is 2.40. The fourth-order valence-corrected chi connectivity index (χ4v) is 7.22. The summed E-state index contributed by atoms with van der Waals surface area (Å²) in [5.41, 5.74) is 12.7. The zero-order chi connectivity index (χ0) is 37.0. The number of carbonyl (C=O) groups is 3. The van der Waals surface area contributed by atoms with Crippen molar-refractivity contribution >= 4 is 62.2 Å². The second-order valence-electron chi connectivity index (χ2n) is 13.3. The molecule has 0 spiro atoms. The standard InChI is InChI=1S/C41H51N5O5/c1-10-13-14-15-18-42-40(48)37-38-28(16-17-35(47)50-8)24(6)31(45-38)19-29-22(4)26(11-2)33(43-29)20-30-23(5)27(12-3)34(44-30)21-32-25(7)36(39(37)46-32)41(49)51-9/h19-21,43-44H,10-18H2,1-9H3,(H,42,48). The van der Waals surface area contributed by atoms with E-state index in [-0.39, 0.29) is 35.6 Å². The number of nitrogens with zero attached hydrogens (tertiary/aromatic N) is 2. The Morgan fingerprint density at radius 1 is 0.725 bits per heavy atom. The smallest absolute Gasteiger partial charge is 0.340 e. The molecule has 10 heteroatoms. The summed E-state index contributed by atoms with van der Waals surface area (Å²) in [4.78, 5) is 58.0. The molecule has 2 aliphatic heterocycles. The Labute approximate surface area is 300 Å². The lowest BCUT2D eigenvalue weighted by Gasteiger charge is -2.12. The molecule has 0 saturated heterocycles. The number of fused-ring (bicyclic) bond motifs is 8. The van der Waals surface area contributed by atoms with Crippen molar-refractivity contribution in [1.29, 1.82) is 0 Å². The zero-order valence-electron chi connectivity index (χ0n) is 31.5. The summed E-state index contributed by atoms with van der Waals surface area (Å²) in [6.07, 6.45) is 5.91. The van der Waals surface area contributed by atoms with E-state index in [0.29, 0.717) is 29.2 Å². The van der Waals surface area contributed by atoms with Gasteiger partial charge in [-0.05, 0) is 111 Å². The first-order chi connectivity index (χ1) is 24.5. The molecule has 1 amide bonds. The van der Waals surface area contributed by atoms with Crippen LogP contribution in [0.2, 0.25) is 0 Å². The molecule has 10 nitrogen and oxygen atoms in total. The Bertz CT molecular complexity index is 2110. The second-order valence-corrected chi connectivity index (χ2v) is 13.3. The molecule has 3 aromatic heterocycles. The Morgan fingerprint density at radius 3 is 1.92 bits per heavy atom. The van der Waals surface area contributed by atoms with Crippen molar-refractivity contribution in [3.63, 3.8) is 0 Å². The summed E-state index contributed by atoms with van der Waals surface area (Å²) in [6, 6.07) is 6.12. The Morgan fingerprint density at radius 2 is 1.31 bits per heavy atom. The first-order valence-corrected chi connectivity index (χ1v) is 18.1. The molecule has 2 aliphatic rings. The topological polar surface area (TPSA) is 139 Å². The molecule has 0 saturated carbocycles. The maximum Gasteiger partial charge on any atom is 0.340 e. The van der Waals surface area contributed by atoms with Gasteiger partial charge in [-0.1, -0.05) is 40.0 Å². The van der Waals surface area contributed by atoms with Crippen LogP contribution in [0.5, 0.6) is 0 Å². The number of carbonyl (C=O) groups excluding carboxylic acids is 3. The lowest BCUT2D eigenvalue weighted by Crippen LogP contribution is -2.27. The van der Waals surface area contributed by atoms with Crippen molar-refractivity contribution in [1.82, 2.24) is 25.3 Å². The molecule has 3 N–H and O–H groups in total. The minimum absolute atomic E-state index is 0.0897. The highest BCUT2D eigenvalue weighted by Gasteiger charge is 2.33. The number of ether oxygens (including phenoxy) is 2. The van der Waals surface area contributed by atoms with Gasteiger partial charge in [-0.3, -0.25) is 9.59 Å². The van der Waals surface area contributed by atoms with Crippen LogP contribution < -0.4 is 5.32 Å². The number of unbranched alkanes of at least 4 members (excludes halogenated alkanes) is 3. The summed E-state index contributed by atoms with van der Waals surface area (Å²) in [7, 11) is 2.69. The van der Waals surface area contributed by atoms with Crippen molar-refractivity contribution in [2.45, 2.75) is 99.8 Å². The molecule has 0 unspecified atom stereocenters. The molecule has 0 aliphatic carbocycles. The fourth-order valence-electron chi connectivity index (χ4n) is 7.22. The number of allylic oxidation sites excluding steroid dienone is 3. The van der Waals surface area contributed by atoms with Crippen LogP contribution in [-0.2, 0) is 31.9 Å². The van der Waals surface area contributed by atoms with E-state index in [1.54, 1.807) is 0 Å². The Hall–Kier alpha value is -4.99. The van der Waals surface area contributed by atoms with Crippen LogP contribution in [0.15, 0.2) is 18.2 Å². The van der Waals surface area contributed by atoms with E-state index < -0.39 is 11.9 Å². The first kappa shape index (κ1) is 37.3. The van der Waals surface area contributed by atoms with Gasteiger partial charge in [0.2, 0.25) is 0 Å². The van der Waals surface area contributed by atoms with Crippen molar-refractivity contribution in [2.24, 2.45) is 0 Å². The minimum Gasteiger partial charge on any atom is -0.469 e. The van der Waals surface area contributed by atoms with E-state index in [9.17, 15) is 14.4 Å². The van der Waals surface area contributed by atoms with Crippen molar-refractivity contribution < 1.29 is 23.9 Å². The first-order valence-electron chi connectivity index (χ1n) is 18.1. The van der Waals surface area contributed by atoms with Gasteiger partial charge in [0.1, 0.15) is 0 Å². The fraction of sp³-hybridized carbons (Fsp3) is 0.439. The van der Waals surface area contributed by atoms with Gasteiger partial charge in [0.15, 0.2) is 0 Å². The molecule has 5 rings (SSSR count).